The molecule has 1 N–H and O–H groups in total. The highest BCUT2D eigenvalue weighted by atomic mass is 16.5. The molecule has 2 bridgehead atoms. The number of likely N-dealkylation sites (tertiary alicyclic amines) is 1. The fraction of sp³-hybridized carbons (Fsp3) is 0.474. The highest BCUT2D eigenvalue weighted by Crippen LogP contribution is 2.52. The van der Waals surface area contributed by atoms with Gasteiger partial charge in [-0.3, -0.25) is 9.59 Å². The van der Waals surface area contributed by atoms with E-state index in [9.17, 15) is 14.7 Å². The van der Waals surface area contributed by atoms with E-state index < -0.39 is 29.5 Å². The normalized spacial score (nSPS) is 30.6. The quantitative estimate of drug-likeness (QED) is 0.744. The minimum Gasteiger partial charge on any atom is -0.493 e. The Labute approximate surface area is 156 Å². The van der Waals surface area contributed by atoms with Gasteiger partial charge in [0.05, 0.1) is 39.9 Å². The van der Waals surface area contributed by atoms with Crippen molar-refractivity contribution in [3.05, 3.63) is 29.8 Å². The lowest BCUT2D eigenvalue weighted by atomic mass is 9.77. The third kappa shape index (κ3) is 2.47. The zero-order valence-corrected chi connectivity index (χ0v) is 15.3. The lowest BCUT2D eigenvalue weighted by Crippen LogP contribution is -2.39. The minimum absolute atomic E-state index is 0.206. The number of fused-ring (bicyclic) bond motifs is 1. The van der Waals surface area contributed by atoms with Crippen molar-refractivity contribution in [2.45, 2.75) is 18.2 Å². The number of rotatable bonds is 6. The monoisotopic (exact) mass is 375 g/mol. The van der Waals surface area contributed by atoms with Crippen molar-refractivity contribution in [2.75, 3.05) is 27.9 Å². The maximum absolute atomic E-state index is 13.0. The fourth-order valence-electron chi connectivity index (χ4n) is 4.44. The number of carbonyl (C=O) groups is 2. The second-order valence-corrected chi connectivity index (χ2v) is 6.97. The summed E-state index contributed by atoms with van der Waals surface area (Å²) in [6.07, 6.45) is 3.07. The van der Waals surface area contributed by atoms with Gasteiger partial charge in [-0.1, -0.05) is 12.2 Å². The van der Waals surface area contributed by atoms with E-state index >= 15 is 0 Å². The summed E-state index contributed by atoms with van der Waals surface area (Å²) in [5.41, 5.74) is -0.0505. The maximum atomic E-state index is 13.0. The second kappa shape index (κ2) is 6.16. The summed E-state index contributed by atoms with van der Waals surface area (Å²) >= 11 is 0. The molecule has 0 radical (unpaired) electrons. The van der Waals surface area contributed by atoms with Crippen LogP contribution < -0.4 is 14.2 Å². The number of hydrogen-bond donors (Lipinski definition) is 1. The lowest BCUT2D eigenvalue weighted by molar-refractivity contribution is -0.148. The van der Waals surface area contributed by atoms with Gasteiger partial charge in [0.2, 0.25) is 11.7 Å². The summed E-state index contributed by atoms with van der Waals surface area (Å²) < 4.78 is 21.9. The molecule has 4 rings (SSSR count). The number of carboxylic acids is 1. The van der Waals surface area contributed by atoms with Gasteiger partial charge >= 0.3 is 5.97 Å². The van der Waals surface area contributed by atoms with Crippen molar-refractivity contribution in [1.82, 2.24) is 4.90 Å². The van der Waals surface area contributed by atoms with Gasteiger partial charge in [0.1, 0.15) is 11.5 Å². The Morgan fingerprint density at radius 1 is 1.26 bits per heavy atom. The van der Waals surface area contributed by atoms with Gasteiger partial charge in [0, 0.05) is 6.54 Å². The summed E-state index contributed by atoms with van der Waals surface area (Å²) in [7, 11) is 4.58. The molecule has 2 saturated heterocycles. The van der Waals surface area contributed by atoms with Crippen LogP contribution in [0.1, 0.15) is 5.56 Å². The smallest absolute Gasteiger partial charge is 0.310 e. The van der Waals surface area contributed by atoms with E-state index in [2.05, 4.69) is 0 Å². The number of hydrogen-bond acceptors (Lipinski definition) is 6. The van der Waals surface area contributed by atoms with Gasteiger partial charge in [-0.15, -0.1) is 0 Å². The van der Waals surface area contributed by atoms with Crippen molar-refractivity contribution >= 4 is 11.9 Å². The van der Waals surface area contributed by atoms with Gasteiger partial charge in [-0.05, 0) is 17.7 Å². The Hall–Kier alpha value is -2.74. The predicted octanol–water partition coefficient (Wildman–Crippen LogP) is 1.08. The number of benzene rings is 1. The highest BCUT2D eigenvalue weighted by Gasteiger charge is 2.66. The zero-order chi connectivity index (χ0) is 19.3. The van der Waals surface area contributed by atoms with Gasteiger partial charge in [-0.2, -0.15) is 0 Å². The van der Waals surface area contributed by atoms with Crippen LogP contribution in [0.4, 0.5) is 0 Å². The molecule has 1 aromatic rings. The first-order valence-electron chi connectivity index (χ1n) is 8.61. The fourth-order valence-corrected chi connectivity index (χ4v) is 4.44. The molecule has 3 heterocycles. The topological polar surface area (TPSA) is 94.5 Å². The number of ether oxygens (including phenoxy) is 4. The number of nitrogens with zero attached hydrogens (tertiary/aromatic N) is 1. The van der Waals surface area contributed by atoms with E-state index in [1.54, 1.807) is 23.1 Å². The molecule has 0 aromatic heterocycles. The van der Waals surface area contributed by atoms with Crippen LogP contribution in [0, 0.1) is 11.8 Å². The van der Waals surface area contributed by atoms with E-state index in [1.165, 1.54) is 21.3 Å². The first kappa shape index (κ1) is 17.7. The molecular weight excluding hydrogens is 354 g/mol. The van der Waals surface area contributed by atoms with Crippen molar-refractivity contribution in [3.8, 4) is 17.2 Å². The number of aliphatic carboxylic acids is 1. The van der Waals surface area contributed by atoms with E-state index in [0.717, 1.165) is 5.56 Å². The molecule has 8 nitrogen and oxygen atoms in total. The molecule has 27 heavy (non-hydrogen) atoms. The molecule has 0 unspecified atom stereocenters. The predicted molar refractivity (Wildman–Crippen MR) is 92.9 cm³/mol. The molecule has 4 atom stereocenters. The standard InChI is InChI=1S/C19H21NO7/c1-24-12-6-10(7-13(25-2)16(12)26-3)8-20-9-19-5-4-11(27-19)14(18(22)23)15(19)17(20)21/h4-7,11,14-15H,8-9H2,1-3H3,(H,22,23)/t11-,14-,15+,19-/m0/s1. The molecule has 1 amide bonds. The largest absolute Gasteiger partial charge is 0.493 e. The zero-order valence-electron chi connectivity index (χ0n) is 15.3. The maximum Gasteiger partial charge on any atom is 0.310 e. The number of amides is 1. The third-order valence-electron chi connectivity index (χ3n) is 5.56. The van der Waals surface area contributed by atoms with Gasteiger partial charge in [0.25, 0.3) is 0 Å². The van der Waals surface area contributed by atoms with Crippen LogP contribution in [-0.2, 0) is 20.9 Å². The molecule has 8 heteroatoms. The molecule has 144 valence electrons. The van der Waals surface area contributed by atoms with Crippen LogP contribution >= 0.6 is 0 Å². The molecule has 2 fully saturated rings. The summed E-state index contributed by atoms with van der Waals surface area (Å²) in [5, 5.41) is 9.54. The Bertz CT molecular complexity index is 810. The molecule has 1 aromatic carbocycles. The van der Waals surface area contributed by atoms with Crippen LogP contribution in [0.5, 0.6) is 17.2 Å². The minimum atomic E-state index is -1.00. The van der Waals surface area contributed by atoms with Crippen LogP contribution in [0.15, 0.2) is 24.3 Å². The first-order chi connectivity index (χ1) is 12.9. The van der Waals surface area contributed by atoms with E-state index in [-0.39, 0.29) is 5.91 Å². The molecular formula is C19H21NO7. The molecule has 3 aliphatic rings. The SMILES string of the molecule is COc1cc(CN2C[C@]34C=C[C@H](O3)[C@H](C(=O)O)[C@@H]4C2=O)cc(OC)c1OC. The van der Waals surface area contributed by atoms with Crippen molar-refractivity contribution in [1.29, 1.82) is 0 Å². The Kier molecular flexibility index (Phi) is 4.03. The van der Waals surface area contributed by atoms with Crippen molar-refractivity contribution in [2.24, 2.45) is 11.8 Å². The van der Waals surface area contributed by atoms with E-state index in [1.807, 2.05) is 6.08 Å². The number of carboxylic acid groups (broad SMARTS) is 1. The van der Waals surface area contributed by atoms with E-state index in [4.69, 9.17) is 18.9 Å². The van der Waals surface area contributed by atoms with Crippen molar-refractivity contribution in [3.63, 3.8) is 0 Å². The Morgan fingerprint density at radius 2 is 1.93 bits per heavy atom. The second-order valence-electron chi connectivity index (χ2n) is 6.97. The molecule has 1 spiro atoms. The highest BCUT2D eigenvalue weighted by molar-refractivity contribution is 5.90. The van der Waals surface area contributed by atoms with Gasteiger partial charge in [0.15, 0.2) is 11.5 Å². The summed E-state index contributed by atoms with van der Waals surface area (Å²) in [4.78, 5) is 26.3. The molecule has 0 aliphatic carbocycles. The number of carbonyl (C=O) groups excluding carboxylic acids is 1. The summed E-state index contributed by atoms with van der Waals surface area (Å²) in [5.74, 6) is -1.26. The van der Waals surface area contributed by atoms with Crippen molar-refractivity contribution < 1.29 is 33.6 Å². The molecule has 0 saturated carbocycles. The van der Waals surface area contributed by atoms with Gasteiger partial charge in [-0.25, -0.2) is 0 Å². The summed E-state index contributed by atoms with van der Waals surface area (Å²) in [6.45, 7) is 0.617. The first-order valence-corrected chi connectivity index (χ1v) is 8.61. The van der Waals surface area contributed by atoms with Crippen LogP contribution in [0.25, 0.3) is 0 Å². The Balaban J connectivity index is 1.63. The average molecular weight is 375 g/mol. The Morgan fingerprint density at radius 3 is 2.48 bits per heavy atom. The molecule has 3 aliphatic heterocycles. The number of methoxy groups -OCH3 is 3. The van der Waals surface area contributed by atoms with Crippen LogP contribution in [0.2, 0.25) is 0 Å². The van der Waals surface area contributed by atoms with E-state index in [0.29, 0.717) is 30.3 Å². The average Bonchev–Trinajstić information content (AvgIpc) is 3.29. The van der Waals surface area contributed by atoms with Crippen LogP contribution in [-0.4, -0.2) is 61.5 Å². The third-order valence-corrected chi connectivity index (χ3v) is 5.56. The van der Waals surface area contributed by atoms with Crippen LogP contribution in [0.3, 0.4) is 0 Å². The van der Waals surface area contributed by atoms with Gasteiger partial charge < -0.3 is 29.0 Å². The lowest BCUT2D eigenvalue weighted by Gasteiger charge is -2.22. The summed E-state index contributed by atoms with van der Waals surface area (Å²) in [6, 6.07) is 3.56.